The Kier molecular flexibility index (Phi) is 4.63. The first kappa shape index (κ1) is 14.4. The Morgan fingerprint density at radius 2 is 1.95 bits per heavy atom. The molecule has 0 saturated carbocycles. The number of nitrogen functional groups attached to an aromatic ring is 1. The van der Waals surface area contributed by atoms with Crippen LogP contribution in [0.4, 0.5) is 15.8 Å². The zero-order valence-corrected chi connectivity index (χ0v) is 11.8. The molecular formula is C15H15FN2OS. The largest absolute Gasteiger partial charge is 0.398 e. The number of halogens is 1. The minimum absolute atomic E-state index is 0.0991. The summed E-state index contributed by atoms with van der Waals surface area (Å²) < 4.78 is 13.1. The Balaban J connectivity index is 2.00. The zero-order chi connectivity index (χ0) is 14.5. The van der Waals surface area contributed by atoms with Gasteiger partial charge in [-0.25, -0.2) is 4.39 Å². The summed E-state index contributed by atoms with van der Waals surface area (Å²) in [4.78, 5) is 11.9. The van der Waals surface area contributed by atoms with E-state index in [0.29, 0.717) is 11.4 Å². The summed E-state index contributed by atoms with van der Waals surface area (Å²) in [6, 6.07) is 11.9. The van der Waals surface area contributed by atoms with Crippen LogP contribution in [-0.4, -0.2) is 5.91 Å². The van der Waals surface area contributed by atoms with Crippen molar-refractivity contribution >= 4 is 29.0 Å². The van der Waals surface area contributed by atoms with E-state index < -0.39 is 0 Å². The van der Waals surface area contributed by atoms with Crippen molar-refractivity contribution in [1.82, 2.24) is 0 Å². The van der Waals surface area contributed by atoms with Crippen LogP contribution in [0.2, 0.25) is 0 Å². The number of thioether (sulfide) groups is 1. The third kappa shape index (κ3) is 3.99. The van der Waals surface area contributed by atoms with Crippen LogP contribution in [0.5, 0.6) is 0 Å². The third-order valence-corrected chi connectivity index (χ3v) is 3.73. The fourth-order valence-corrected chi connectivity index (χ4v) is 2.60. The van der Waals surface area contributed by atoms with Gasteiger partial charge in [-0.05, 0) is 48.0 Å². The highest BCUT2D eigenvalue weighted by Gasteiger charge is 2.03. The van der Waals surface area contributed by atoms with Crippen molar-refractivity contribution in [3.8, 4) is 0 Å². The quantitative estimate of drug-likeness (QED) is 0.667. The van der Waals surface area contributed by atoms with Crippen molar-refractivity contribution in [2.24, 2.45) is 0 Å². The molecule has 5 heteroatoms. The number of amides is 1. The van der Waals surface area contributed by atoms with Gasteiger partial charge in [-0.3, -0.25) is 4.79 Å². The summed E-state index contributed by atoms with van der Waals surface area (Å²) >= 11 is 1.56. The van der Waals surface area contributed by atoms with E-state index in [-0.39, 0.29) is 11.7 Å². The first-order chi connectivity index (χ1) is 9.54. The van der Waals surface area contributed by atoms with E-state index in [0.717, 1.165) is 16.1 Å². The molecule has 0 radical (unpaired) electrons. The van der Waals surface area contributed by atoms with E-state index in [1.807, 2.05) is 24.3 Å². The molecule has 2 rings (SSSR count). The van der Waals surface area contributed by atoms with Gasteiger partial charge < -0.3 is 11.1 Å². The Morgan fingerprint density at radius 3 is 2.60 bits per heavy atom. The van der Waals surface area contributed by atoms with E-state index in [4.69, 9.17) is 5.73 Å². The van der Waals surface area contributed by atoms with Crippen molar-refractivity contribution in [3.05, 3.63) is 53.8 Å². The Hall–Kier alpha value is -2.01. The van der Waals surface area contributed by atoms with Gasteiger partial charge in [0.05, 0.1) is 0 Å². The van der Waals surface area contributed by atoms with Crippen LogP contribution >= 0.6 is 11.8 Å². The maximum absolute atomic E-state index is 13.1. The number of nitrogens with two attached hydrogens (primary N) is 1. The highest BCUT2D eigenvalue weighted by molar-refractivity contribution is 7.98. The lowest BCUT2D eigenvalue weighted by molar-refractivity contribution is -0.114. The number of carbonyl (C=O) groups excluding carboxylic acids is 1. The van der Waals surface area contributed by atoms with Crippen LogP contribution in [0.3, 0.4) is 0 Å². The fraction of sp³-hybridized carbons (Fsp3) is 0.133. The van der Waals surface area contributed by atoms with Crippen LogP contribution in [0.25, 0.3) is 0 Å². The lowest BCUT2D eigenvalue weighted by atomic mass is 10.2. The van der Waals surface area contributed by atoms with E-state index in [2.05, 4.69) is 5.32 Å². The van der Waals surface area contributed by atoms with Gasteiger partial charge in [0.15, 0.2) is 0 Å². The first-order valence-corrected chi connectivity index (χ1v) is 7.07. The first-order valence-electron chi connectivity index (χ1n) is 6.09. The highest BCUT2D eigenvalue weighted by atomic mass is 32.2. The lowest BCUT2D eigenvalue weighted by Crippen LogP contribution is -2.05. The molecule has 0 saturated heterocycles. The molecule has 0 aliphatic carbocycles. The third-order valence-electron chi connectivity index (χ3n) is 2.67. The van der Waals surface area contributed by atoms with Crippen LogP contribution in [-0.2, 0) is 10.5 Å². The lowest BCUT2D eigenvalue weighted by Gasteiger charge is -2.07. The standard InChI is InChI=1S/C15H15FN2OS/c1-10(19)18-13-3-5-14(6-4-13)20-9-11-8-12(16)2-7-15(11)17/h2-8H,9,17H2,1H3,(H,18,19). The Bertz CT molecular complexity index is 614. The molecule has 0 unspecified atom stereocenters. The molecule has 0 aliphatic heterocycles. The second-order valence-corrected chi connectivity index (χ2v) is 5.39. The van der Waals surface area contributed by atoms with Crippen LogP contribution in [0, 0.1) is 5.82 Å². The summed E-state index contributed by atoms with van der Waals surface area (Å²) in [6.07, 6.45) is 0. The SMILES string of the molecule is CC(=O)Nc1ccc(SCc2cc(F)ccc2N)cc1. The number of hydrogen-bond donors (Lipinski definition) is 2. The van der Waals surface area contributed by atoms with Crippen molar-refractivity contribution in [1.29, 1.82) is 0 Å². The average molecular weight is 290 g/mol. The predicted octanol–water partition coefficient (Wildman–Crippen LogP) is 3.66. The Morgan fingerprint density at radius 1 is 1.25 bits per heavy atom. The molecule has 104 valence electrons. The number of benzene rings is 2. The van der Waals surface area contributed by atoms with Crippen LogP contribution in [0.15, 0.2) is 47.4 Å². The molecule has 3 N–H and O–H groups in total. The smallest absolute Gasteiger partial charge is 0.221 e. The van der Waals surface area contributed by atoms with Gasteiger partial charge in [0.25, 0.3) is 0 Å². The predicted molar refractivity (Wildman–Crippen MR) is 81.1 cm³/mol. The van der Waals surface area contributed by atoms with E-state index in [1.165, 1.54) is 19.1 Å². The summed E-state index contributed by atoms with van der Waals surface area (Å²) in [5.74, 6) is 0.219. The summed E-state index contributed by atoms with van der Waals surface area (Å²) in [5.41, 5.74) is 7.93. The molecule has 0 atom stereocenters. The molecule has 3 nitrogen and oxygen atoms in total. The van der Waals surface area contributed by atoms with Gasteiger partial charge in [-0.1, -0.05) is 0 Å². The average Bonchev–Trinajstić information content (AvgIpc) is 2.41. The van der Waals surface area contributed by atoms with E-state index >= 15 is 0 Å². The number of carbonyl (C=O) groups is 1. The van der Waals surface area contributed by atoms with Crippen molar-refractivity contribution in [2.75, 3.05) is 11.1 Å². The minimum atomic E-state index is -0.282. The highest BCUT2D eigenvalue weighted by Crippen LogP contribution is 2.27. The number of hydrogen-bond acceptors (Lipinski definition) is 3. The molecule has 2 aromatic carbocycles. The van der Waals surface area contributed by atoms with Gasteiger partial charge in [-0.2, -0.15) is 0 Å². The molecule has 20 heavy (non-hydrogen) atoms. The van der Waals surface area contributed by atoms with Crippen LogP contribution < -0.4 is 11.1 Å². The molecule has 0 bridgehead atoms. The summed E-state index contributed by atoms with van der Waals surface area (Å²) in [5, 5.41) is 2.70. The van der Waals surface area contributed by atoms with Crippen LogP contribution in [0.1, 0.15) is 12.5 Å². The monoisotopic (exact) mass is 290 g/mol. The van der Waals surface area contributed by atoms with E-state index in [1.54, 1.807) is 17.8 Å². The maximum atomic E-state index is 13.1. The van der Waals surface area contributed by atoms with E-state index in [9.17, 15) is 9.18 Å². The normalized spacial score (nSPS) is 10.3. The summed E-state index contributed by atoms with van der Waals surface area (Å²) in [6.45, 7) is 1.47. The van der Waals surface area contributed by atoms with Crippen molar-refractivity contribution in [2.45, 2.75) is 17.6 Å². The Labute approximate surface area is 121 Å². The second kappa shape index (κ2) is 6.43. The van der Waals surface area contributed by atoms with Gasteiger partial charge in [0.1, 0.15) is 5.82 Å². The molecule has 0 aliphatic rings. The zero-order valence-electron chi connectivity index (χ0n) is 11.0. The topological polar surface area (TPSA) is 55.1 Å². The van der Waals surface area contributed by atoms with Gasteiger partial charge in [0.2, 0.25) is 5.91 Å². The minimum Gasteiger partial charge on any atom is -0.398 e. The molecule has 1 amide bonds. The molecule has 0 heterocycles. The number of rotatable bonds is 4. The molecule has 0 fully saturated rings. The maximum Gasteiger partial charge on any atom is 0.221 e. The molecule has 0 aromatic heterocycles. The van der Waals surface area contributed by atoms with Crippen molar-refractivity contribution in [3.63, 3.8) is 0 Å². The van der Waals surface area contributed by atoms with Gasteiger partial charge in [-0.15, -0.1) is 11.8 Å². The number of anilines is 2. The fourth-order valence-electron chi connectivity index (χ4n) is 1.70. The number of nitrogens with one attached hydrogen (secondary N) is 1. The van der Waals surface area contributed by atoms with Crippen molar-refractivity contribution < 1.29 is 9.18 Å². The van der Waals surface area contributed by atoms with Gasteiger partial charge >= 0.3 is 0 Å². The molecule has 0 spiro atoms. The summed E-state index contributed by atoms with van der Waals surface area (Å²) in [7, 11) is 0. The van der Waals surface area contributed by atoms with Gasteiger partial charge in [0, 0.05) is 28.9 Å². The molecular weight excluding hydrogens is 275 g/mol. The molecule has 2 aromatic rings. The second-order valence-electron chi connectivity index (χ2n) is 4.34.